The number of halogens is 1. The molecule has 1 aliphatic heterocycles. The monoisotopic (exact) mass is 336 g/mol. The van der Waals surface area contributed by atoms with E-state index in [0.717, 1.165) is 25.7 Å². The van der Waals surface area contributed by atoms with Crippen molar-refractivity contribution in [3.05, 3.63) is 34.8 Å². The molecule has 0 saturated heterocycles. The molecule has 2 heterocycles. The summed E-state index contributed by atoms with van der Waals surface area (Å²) in [5.74, 6) is 0. The van der Waals surface area contributed by atoms with Gasteiger partial charge in [-0.05, 0) is 31.4 Å². The third-order valence-electron chi connectivity index (χ3n) is 4.36. The fourth-order valence-corrected chi connectivity index (χ4v) is 3.93. The molecule has 1 aromatic heterocycles. The van der Waals surface area contributed by atoms with E-state index >= 15 is 0 Å². The summed E-state index contributed by atoms with van der Waals surface area (Å²) in [5, 5.41) is 0.658. The summed E-state index contributed by atoms with van der Waals surface area (Å²) in [6.07, 6.45) is 4.60. The summed E-state index contributed by atoms with van der Waals surface area (Å²) >= 11 is 1.59. The lowest BCUT2D eigenvalue weighted by Gasteiger charge is -2.40. The highest BCUT2D eigenvalue weighted by molar-refractivity contribution is 7.15. The van der Waals surface area contributed by atoms with Gasteiger partial charge in [-0.15, -0.1) is 23.7 Å². The normalized spacial score (nSPS) is 17.1. The van der Waals surface area contributed by atoms with E-state index in [0.29, 0.717) is 5.13 Å². The number of aromatic nitrogens is 1. The van der Waals surface area contributed by atoms with Crippen LogP contribution in [0.5, 0.6) is 0 Å². The Morgan fingerprint density at radius 1 is 1.32 bits per heavy atom. The number of rotatable bonds is 3. The van der Waals surface area contributed by atoms with Crippen LogP contribution in [0.25, 0.3) is 0 Å². The van der Waals surface area contributed by atoms with E-state index in [4.69, 9.17) is 5.73 Å². The number of thiazole rings is 1. The second kappa shape index (κ2) is 5.97. The van der Waals surface area contributed by atoms with Crippen molar-refractivity contribution in [3.63, 3.8) is 0 Å². The Bertz CT molecular complexity index is 668. The molecule has 1 aliphatic carbocycles. The lowest BCUT2D eigenvalue weighted by Crippen LogP contribution is -2.42. The number of nitrogen functional groups attached to an aromatic ring is 1. The molecule has 0 bridgehead atoms. The van der Waals surface area contributed by atoms with Gasteiger partial charge in [-0.1, -0.05) is 12.1 Å². The smallest absolute Gasteiger partial charge is 0.180 e. The van der Waals surface area contributed by atoms with Crippen molar-refractivity contribution < 1.29 is 0 Å². The third kappa shape index (κ3) is 2.75. The maximum atomic E-state index is 5.75. The van der Waals surface area contributed by atoms with Gasteiger partial charge in [0.1, 0.15) is 0 Å². The molecule has 0 atom stereocenters. The van der Waals surface area contributed by atoms with Gasteiger partial charge < -0.3 is 15.5 Å². The topological polar surface area (TPSA) is 45.4 Å². The minimum absolute atomic E-state index is 0. The van der Waals surface area contributed by atoms with Crippen LogP contribution in [-0.2, 0) is 6.54 Å². The number of fused-ring (bicyclic) bond motifs is 1. The summed E-state index contributed by atoms with van der Waals surface area (Å²) in [4.78, 5) is 10.5. The van der Waals surface area contributed by atoms with Crippen molar-refractivity contribution in [2.24, 2.45) is 0 Å². The zero-order valence-electron chi connectivity index (χ0n) is 12.7. The van der Waals surface area contributed by atoms with E-state index in [9.17, 15) is 0 Å². The number of nitrogens with two attached hydrogens (primary N) is 1. The molecule has 1 aromatic carbocycles. The maximum Gasteiger partial charge on any atom is 0.180 e. The van der Waals surface area contributed by atoms with Crippen LogP contribution < -0.4 is 15.5 Å². The third-order valence-corrected chi connectivity index (χ3v) is 5.17. The van der Waals surface area contributed by atoms with Crippen LogP contribution in [-0.4, -0.2) is 24.1 Å². The fraction of sp³-hybridized carbons (Fsp3) is 0.438. The Morgan fingerprint density at radius 2 is 2.14 bits per heavy atom. The molecule has 0 amide bonds. The molecule has 4 nitrogen and oxygen atoms in total. The second-order valence-corrected chi connectivity index (χ2v) is 7.10. The molecular weight excluding hydrogens is 316 g/mol. The van der Waals surface area contributed by atoms with Crippen molar-refractivity contribution in [2.75, 3.05) is 28.6 Å². The molecule has 1 saturated carbocycles. The molecule has 2 aromatic rings. The Kier molecular flexibility index (Phi) is 4.19. The van der Waals surface area contributed by atoms with Gasteiger partial charge >= 0.3 is 0 Å². The second-order valence-electron chi connectivity index (χ2n) is 5.95. The first-order valence-electron chi connectivity index (χ1n) is 7.54. The Hall–Kier alpha value is -1.46. The average molecular weight is 337 g/mol. The predicted octanol–water partition coefficient (Wildman–Crippen LogP) is 3.44. The highest BCUT2D eigenvalue weighted by atomic mass is 35.5. The lowest BCUT2D eigenvalue weighted by atomic mass is 10.1. The Morgan fingerprint density at radius 3 is 2.82 bits per heavy atom. The molecule has 4 rings (SSSR count). The fourth-order valence-electron chi connectivity index (χ4n) is 3.23. The van der Waals surface area contributed by atoms with Crippen LogP contribution in [0.2, 0.25) is 0 Å². The highest BCUT2D eigenvalue weighted by Crippen LogP contribution is 2.42. The summed E-state index contributed by atoms with van der Waals surface area (Å²) < 4.78 is 0. The number of aryl methyl sites for hydroxylation is 1. The number of nitrogens with zero attached hydrogens (tertiary/aromatic N) is 3. The highest BCUT2D eigenvalue weighted by Gasteiger charge is 2.34. The van der Waals surface area contributed by atoms with Crippen LogP contribution in [0.1, 0.15) is 23.3 Å². The van der Waals surface area contributed by atoms with Gasteiger partial charge in [-0.3, -0.25) is 0 Å². The molecule has 118 valence electrons. The lowest BCUT2D eigenvalue weighted by molar-refractivity contribution is 0.693. The average Bonchev–Trinajstić information content (AvgIpc) is 3.23. The van der Waals surface area contributed by atoms with Gasteiger partial charge in [0.25, 0.3) is 0 Å². The number of anilines is 3. The molecular formula is C16H21ClN4S. The molecule has 22 heavy (non-hydrogen) atoms. The largest absolute Gasteiger partial charge is 0.375 e. The number of hydrogen-bond acceptors (Lipinski definition) is 5. The van der Waals surface area contributed by atoms with Crippen molar-refractivity contribution in [1.29, 1.82) is 0 Å². The number of hydrogen-bond donors (Lipinski definition) is 1. The molecule has 1 fully saturated rings. The molecule has 2 aliphatic rings. The van der Waals surface area contributed by atoms with Crippen molar-refractivity contribution in [3.8, 4) is 0 Å². The first-order valence-corrected chi connectivity index (χ1v) is 8.35. The van der Waals surface area contributed by atoms with E-state index in [1.807, 2.05) is 6.20 Å². The van der Waals surface area contributed by atoms with E-state index in [2.05, 4.69) is 39.9 Å². The minimum atomic E-state index is 0. The molecule has 0 unspecified atom stereocenters. The Labute approximate surface area is 141 Å². The van der Waals surface area contributed by atoms with Crippen LogP contribution in [0.15, 0.2) is 24.4 Å². The minimum Gasteiger partial charge on any atom is -0.375 e. The zero-order valence-corrected chi connectivity index (χ0v) is 14.3. The van der Waals surface area contributed by atoms with E-state index < -0.39 is 0 Å². The van der Waals surface area contributed by atoms with Crippen LogP contribution in [0.4, 0.5) is 16.5 Å². The molecule has 0 spiro atoms. The molecule has 2 N–H and O–H groups in total. The van der Waals surface area contributed by atoms with Crippen LogP contribution in [0.3, 0.4) is 0 Å². The van der Waals surface area contributed by atoms with Gasteiger partial charge in [0.15, 0.2) is 5.13 Å². The van der Waals surface area contributed by atoms with Crippen molar-refractivity contribution in [1.82, 2.24) is 4.98 Å². The van der Waals surface area contributed by atoms with Crippen LogP contribution >= 0.6 is 23.7 Å². The number of benzene rings is 1. The summed E-state index contributed by atoms with van der Waals surface area (Å²) in [6.45, 7) is 5.33. The first-order chi connectivity index (χ1) is 10.2. The standard InChI is InChI=1S/C16H20N4S.ClH/c1-11-3-2-4-14-15(11)20(12-5-6-12)8-7-19(14)10-13-9-18-16(17)21-13;/h2-4,9,12H,5-8,10H2,1H3,(H2,17,18);1H. The van der Waals surface area contributed by atoms with Gasteiger partial charge in [0, 0.05) is 30.2 Å². The van der Waals surface area contributed by atoms with E-state index in [1.54, 1.807) is 11.3 Å². The first kappa shape index (κ1) is 15.4. The van der Waals surface area contributed by atoms with E-state index in [1.165, 1.54) is 34.7 Å². The van der Waals surface area contributed by atoms with Crippen LogP contribution in [0, 0.1) is 6.92 Å². The summed E-state index contributed by atoms with van der Waals surface area (Å²) in [7, 11) is 0. The van der Waals surface area contributed by atoms with Gasteiger partial charge in [0.05, 0.1) is 17.9 Å². The van der Waals surface area contributed by atoms with Gasteiger partial charge in [0.2, 0.25) is 0 Å². The van der Waals surface area contributed by atoms with Crippen molar-refractivity contribution >= 4 is 40.3 Å². The van der Waals surface area contributed by atoms with Gasteiger partial charge in [-0.2, -0.15) is 0 Å². The summed E-state index contributed by atoms with van der Waals surface area (Å²) in [6, 6.07) is 7.41. The SMILES string of the molecule is Cc1cccc2c1N(C1CC1)CCN2Cc1cnc(N)s1.Cl. The zero-order chi connectivity index (χ0) is 14.4. The van der Waals surface area contributed by atoms with Crippen molar-refractivity contribution in [2.45, 2.75) is 32.4 Å². The molecule has 6 heteroatoms. The van der Waals surface area contributed by atoms with Gasteiger partial charge in [-0.25, -0.2) is 4.98 Å². The predicted molar refractivity (Wildman–Crippen MR) is 96.4 cm³/mol. The Balaban J connectivity index is 0.00000144. The number of para-hydroxylation sites is 1. The quantitative estimate of drug-likeness (QED) is 0.932. The van der Waals surface area contributed by atoms with E-state index in [-0.39, 0.29) is 12.4 Å². The molecule has 0 radical (unpaired) electrons. The summed E-state index contributed by atoms with van der Waals surface area (Å²) in [5.41, 5.74) is 9.93. The maximum absolute atomic E-state index is 5.75.